The Balaban J connectivity index is 3.62. The smallest absolute Gasteiger partial charge is 0.311 e. The van der Waals surface area contributed by atoms with Crippen LogP contribution in [-0.4, -0.2) is 39.7 Å². The van der Waals surface area contributed by atoms with E-state index in [1.807, 2.05) is 0 Å². The number of ether oxygens (including phenoxy) is 1. The van der Waals surface area contributed by atoms with Crippen LogP contribution in [0.5, 0.6) is 0 Å². The Morgan fingerprint density at radius 1 is 1.29 bits per heavy atom. The summed E-state index contributed by atoms with van der Waals surface area (Å²) in [6, 6.07) is 0. The topological polar surface area (TPSA) is 87.0 Å². The Hall–Kier alpha value is -0.690. The SMILES string of the molecule is CC(C)(C)C(=O)OCCC[N+](O)(O)O. The molecule has 0 aliphatic heterocycles. The molecule has 0 spiro atoms. The molecule has 0 aromatic carbocycles. The summed E-state index contributed by atoms with van der Waals surface area (Å²) >= 11 is 0. The van der Waals surface area contributed by atoms with Gasteiger partial charge in [-0.2, -0.15) is 0 Å². The summed E-state index contributed by atoms with van der Waals surface area (Å²) < 4.78 is 4.82. The van der Waals surface area contributed by atoms with Crippen molar-refractivity contribution in [1.29, 1.82) is 0 Å². The summed E-state index contributed by atoms with van der Waals surface area (Å²) in [5, 5.41) is 25.4. The van der Waals surface area contributed by atoms with E-state index in [-0.39, 0.29) is 25.5 Å². The molecule has 6 heteroatoms. The Morgan fingerprint density at radius 2 is 1.79 bits per heavy atom. The first-order chi connectivity index (χ1) is 6.13. The van der Waals surface area contributed by atoms with Crippen molar-refractivity contribution in [1.82, 2.24) is 0 Å². The van der Waals surface area contributed by atoms with Crippen LogP contribution in [0.15, 0.2) is 0 Å². The van der Waals surface area contributed by atoms with Gasteiger partial charge in [0.15, 0.2) is 6.54 Å². The van der Waals surface area contributed by atoms with Crippen molar-refractivity contribution in [3.8, 4) is 0 Å². The quantitative estimate of drug-likeness (QED) is 0.277. The third-order valence-electron chi connectivity index (χ3n) is 1.45. The summed E-state index contributed by atoms with van der Waals surface area (Å²) in [5.41, 5.74) is -0.566. The van der Waals surface area contributed by atoms with Crippen LogP contribution in [0.4, 0.5) is 0 Å². The van der Waals surface area contributed by atoms with E-state index < -0.39 is 10.4 Å². The molecule has 0 heterocycles. The van der Waals surface area contributed by atoms with Crippen molar-refractivity contribution in [3.05, 3.63) is 0 Å². The molecule has 84 valence electrons. The molecule has 0 fully saturated rings. The molecule has 0 saturated heterocycles. The Bertz CT molecular complexity index is 191. The van der Waals surface area contributed by atoms with Crippen molar-refractivity contribution in [2.24, 2.45) is 5.41 Å². The first-order valence-corrected chi connectivity index (χ1v) is 4.36. The molecule has 0 radical (unpaired) electrons. The van der Waals surface area contributed by atoms with Crippen molar-refractivity contribution in [3.63, 3.8) is 0 Å². The molecule has 0 unspecified atom stereocenters. The number of rotatable bonds is 4. The number of carbonyl (C=O) groups excluding carboxylic acids is 1. The van der Waals surface area contributed by atoms with Gasteiger partial charge in [0.2, 0.25) is 0 Å². The van der Waals surface area contributed by atoms with Crippen LogP contribution in [0.3, 0.4) is 0 Å². The van der Waals surface area contributed by atoms with Gasteiger partial charge in [-0.25, -0.2) is 0 Å². The summed E-state index contributed by atoms with van der Waals surface area (Å²) in [4.78, 5) is 9.08. The summed E-state index contributed by atoms with van der Waals surface area (Å²) in [7, 11) is 0. The maximum absolute atomic E-state index is 11.2. The second kappa shape index (κ2) is 4.70. The lowest BCUT2D eigenvalue weighted by molar-refractivity contribution is -1.37. The zero-order chi connectivity index (χ0) is 11.4. The first kappa shape index (κ1) is 13.3. The molecule has 0 aliphatic carbocycles. The maximum atomic E-state index is 11.2. The lowest BCUT2D eigenvalue weighted by Gasteiger charge is -2.17. The maximum Gasteiger partial charge on any atom is 0.311 e. The zero-order valence-electron chi connectivity index (χ0n) is 8.73. The molecule has 0 rings (SSSR count). The van der Waals surface area contributed by atoms with E-state index in [9.17, 15) is 4.79 Å². The van der Waals surface area contributed by atoms with Crippen LogP contribution in [-0.2, 0) is 9.53 Å². The highest BCUT2D eigenvalue weighted by molar-refractivity contribution is 5.75. The molecule has 0 saturated carbocycles. The number of hydrogen-bond donors (Lipinski definition) is 3. The van der Waals surface area contributed by atoms with Crippen LogP contribution in [0.25, 0.3) is 0 Å². The number of hydrogen-bond acceptors (Lipinski definition) is 5. The predicted octanol–water partition coefficient (Wildman–Crippen LogP) is 0.950. The monoisotopic (exact) mass is 208 g/mol. The second-order valence-electron chi connectivity index (χ2n) is 4.16. The summed E-state index contributed by atoms with van der Waals surface area (Å²) in [6.45, 7) is 4.91. The highest BCUT2D eigenvalue weighted by Crippen LogP contribution is 2.15. The third-order valence-corrected chi connectivity index (χ3v) is 1.45. The molecule has 14 heavy (non-hydrogen) atoms. The predicted molar refractivity (Wildman–Crippen MR) is 45.5 cm³/mol. The molecular formula is C8H18NO5+. The van der Waals surface area contributed by atoms with Crippen molar-refractivity contribution < 1.29 is 30.1 Å². The standard InChI is InChI=1S/C8H18NO5/c1-8(2,3)7(10)14-6-4-5-9(11,12)13/h11-13H,4-6H2,1-3H3/q+1. The fourth-order valence-electron chi connectivity index (χ4n) is 0.658. The Kier molecular flexibility index (Phi) is 4.47. The van der Waals surface area contributed by atoms with Gasteiger partial charge < -0.3 is 4.74 Å². The highest BCUT2D eigenvalue weighted by Gasteiger charge is 2.23. The van der Waals surface area contributed by atoms with Gasteiger partial charge in [-0.3, -0.25) is 4.79 Å². The molecular weight excluding hydrogens is 190 g/mol. The van der Waals surface area contributed by atoms with Crippen LogP contribution >= 0.6 is 0 Å². The Morgan fingerprint density at radius 3 is 2.14 bits per heavy atom. The van der Waals surface area contributed by atoms with E-state index in [0.717, 1.165) is 0 Å². The zero-order valence-corrected chi connectivity index (χ0v) is 8.73. The van der Waals surface area contributed by atoms with Crippen LogP contribution < -0.4 is 0 Å². The van der Waals surface area contributed by atoms with Crippen LogP contribution in [0.1, 0.15) is 27.2 Å². The molecule has 0 bridgehead atoms. The van der Waals surface area contributed by atoms with Crippen molar-refractivity contribution in [2.45, 2.75) is 27.2 Å². The van der Waals surface area contributed by atoms with E-state index in [1.165, 1.54) is 0 Å². The normalized spacial score (nSPS) is 12.7. The summed E-state index contributed by atoms with van der Waals surface area (Å²) in [6.07, 6.45) is 0.172. The van der Waals surface area contributed by atoms with Crippen molar-refractivity contribution >= 4 is 5.97 Å². The van der Waals surface area contributed by atoms with Gasteiger partial charge in [0, 0.05) is 6.42 Å². The van der Waals surface area contributed by atoms with Gasteiger partial charge in [-0.05, 0) is 20.8 Å². The molecule has 0 aromatic heterocycles. The van der Waals surface area contributed by atoms with Gasteiger partial charge in [-0.15, -0.1) is 15.6 Å². The minimum absolute atomic E-state index is 0.0534. The van der Waals surface area contributed by atoms with Gasteiger partial charge in [-0.1, -0.05) is 0 Å². The van der Waals surface area contributed by atoms with Crippen LogP contribution in [0.2, 0.25) is 0 Å². The molecule has 0 aromatic rings. The first-order valence-electron chi connectivity index (χ1n) is 4.36. The van der Waals surface area contributed by atoms with Crippen molar-refractivity contribution in [2.75, 3.05) is 13.2 Å². The summed E-state index contributed by atoms with van der Waals surface area (Å²) in [5.74, 6) is -0.357. The number of quaternary nitrogens is 1. The number of nitrogens with zero attached hydrogens (tertiary/aromatic N) is 1. The molecule has 0 aliphatic rings. The van der Waals surface area contributed by atoms with E-state index >= 15 is 0 Å². The average Bonchev–Trinajstić information content (AvgIpc) is 1.93. The van der Waals surface area contributed by atoms with E-state index in [4.69, 9.17) is 20.4 Å². The number of carbonyl (C=O) groups is 1. The van der Waals surface area contributed by atoms with E-state index in [2.05, 4.69) is 0 Å². The number of hydroxylamine groups is 3. The largest absolute Gasteiger partial charge is 0.465 e. The third kappa shape index (κ3) is 6.79. The molecule has 3 N–H and O–H groups in total. The molecule has 6 nitrogen and oxygen atoms in total. The van der Waals surface area contributed by atoms with Gasteiger partial charge in [0.05, 0.1) is 17.0 Å². The second-order valence-corrected chi connectivity index (χ2v) is 4.16. The lowest BCUT2D eigenvalue weighted by Crippen LogP contribution is -2.38. The minimum atomic E-state index is -2.09. The fourth-order valence-corrected chi connectivity index (χ4v) is 0.658. The van der Waals surface area contributed by atoms with Crippen LogP contribution in [0, 0.1) is 5.41 Å². The molecule has 0 atom stereocenters. The number of esters is 1. The lowest BCUT2D eigenvalue weighted by atomic mass is 9.97. The van der Waals surface area contributed by atoms with E-state index in [0.29, 0.717) is 0 Å². The highest BCUT2D eigenvalue weighted by atomic mass is 17.1. The van der Waals surface area contributed by atoms with Gasteiger partial charge >= 0.3 is 5.97 Å². The average molecular weight is 208 g/mol. The van der Waals surface area contributed by atoms with Gasteiger partial charge in [0.25, 0.3) is 0 Å². The minimum Gasteiger partial charge on any atom is -0.465 e. The fraction of sp³-hybridized carbons (Fsp3) is 0.875. The van der Waals surface area contributed by atoms with E-state index in [1.54, 1.807) is 20.8 Å². The van der Waals surface area contributed by atoms with Gasteiger partial charge in [0.1, 0.15) is 0 Å². The Labute approximate surface area is 82.8 Å². The molecule has 0 amide bonds.